The standard InChI is InChI=1S/C15H15BrN2/c16-14-8-5-11(3-1-9-17-12-6-7-12)15-13(14)4-2-10-18-15/h1-5,8,10,12,17H,6-7,9H2/b3-1+. The van der Waals surface area contributed by atoms with E-state index in [0.717, 1.165) is 28.0 Å². The number of aromatic nitrogens is 1. The van der Waals surface area contributed by atoms with Gasteiger partial charge in [-0.1, -0.05) is 40.2 Å². The fourth-order valence-electron chi connectivity index (χ4n) is 2.00. The third-order valence-electron chi connectivity index (χ3n) is 3.15. The average Bonchev–Trinajstić information content (AvgIpc) is 3.21. The summed E-state index contributed by atoms with van der Waals surface area (Å²) in [5, 5.41) is 4.63. The maximum Gasteiger partial charge on any atom is 0.0785 e. The van der Waals surface area contributed by atoms with E-state index in [-0.39, 0.29) is 0 Å². The zero-order valence-electron chi connectivity index (χ0n) is 10.1. The Morgan fingerprint density at radius 2 is 2.22 bits per heavy atom. The van der Waals surface area contributed by atoms with Gasteiger partial charge < -0.3 is 5.32 Å². The van der Waals surface area contributed by atoms with E-state index in [1.54, 1.807) is 0 Å². The zero-order chi connectivity index (χ0) is 12.4. The lowest BCUT2D eigenvalue weighted by atomic mass is 10.1. The molecule has 1 aliphatic rings. The van der Waals surface area contributed by atoms with Crippen molar-refractivity contribution >= 4 is 32.9 Å². The number of nitrogens with one attached hydrogen (secondary N) is 1. The molecule has 1 N–H and O–H groups in total. The van der Waals surface area contributed by atoms with Gasteiger partial charge in [-0.15, -0.1) is 0 Å². The highest BCUT2D eigenvalue weighted by Gasteiger charge is 2.18. The quantitative estimate of drug-likeness (QED) is 0.930. The van der Waals surface area contributed by atoms with E-state index in [9.17, 15) is 0 Å². The van der Waals surface area contributed by atoms with Crippen LogP contribution in [0.2, 0.25) is 0 Å². The Balaban J connectivity index is 1.84. The second kappa shape index (κ2) is 5.21. The van der Waals surface area contributed by atoms with Gasteiger partial charge in [0.15, 0.2) is 0 Å². The second-order valence-corrected chi connectivity index (χ2v) is 5.48. The molecule has 3 heteroatoms. The van der Waals surface area contributed by atoms with Gasteiger partial charge in [0, 0.05) is 34.2 Å². The van der Waals surface area contributed by atoms with Crippen LogP contribution < -0.4 is 5.32 Å². The lowest BCUT2D eigenvalue weighted by molar-refractivity contribution is 0.754. The highest BCUT2D eigenvalue weighted by molar-refractivity contribution is 9.10. The molecule has 1 fully saturated rings. The van der Waals surface area contributed by atoms with Crippen molar-refractivity contribution in [3.05, 3.63) is 46.6 Å². The van der Waals surface area contributed by atoms with Gasteiger partial charge >= 0.3 is 0 Å². The van der Waals surface area contributed by atoms with Crippen molar-refractivity contribution in [2.24, 2.45) is 0 Å². The molecule has 1 aromatic heterocycles. The summed E-state index contributed by atoms with van der Waals surface area (Å²) in [6.45, 7) is 0.940. The van der Waals surface area contributed by atoms with E-state index >= 15 is 0 Å². The fourth-order valence-corrected chi connectivity index (χ4v) is 2.45. The Hall–Kier alpha value is -1.19. The number of fused-ring (bicyclic) bond motifs is 1. The Morgan fingerprint density at radius 1 is 1.33 bits per heavy atom. The molecule has 0 unspecified atom stereocenters. The topological polar surface area (TPSA) is 24.9 Å². The first-order chi connectivity index (χ1) is 8.84. The summed E-state index contributed by atoms with van der Waals surface area (Å²) in [5.74, 6) is 0. The lowest BCUT2D eigenvalue weighted by Gasteiger charge is -2.03. The summed E-state index contributed by atoms with van der Waals surface area (Å²) in [7, 11) is 0. The summed E-state index contributed by atoms with van der Waals surface area (Å²) in [6.07, 6.45) is 8.83. The molecule has 0 spiro atoms. The Bertz CT molecular complexity index is 588. The summed E-state index contributed by atoms with van der Waals surface area (Å²) >= 11 is 3.56. The number of hydrogen-bond donors (Lipinski definition) is 1. The molecule has 2 nitrogen and oxygen atoms in total. The van der Waals surface area contributed by atoms with Crippen LogP contribution in [-0.4, -0.2) is 17.6 Å². The Kier molecular flexibility index (Phi) is 3.43. The molecule has 0 aliphatic heterocycles. The van der Waals surface area contributed by atoms with Gasteiger partial charge in [-0.2, -0.15) is 0 Å². The van der Waals surface area contributed by atoms with E-state index in [1.807, 2.05) is 12.3 Å². The van der Waals surface area contributed by atoms with Crippen molar-refractivity contribution in [2.75, 3.05) is 6.54 Å². The number of rotatable bonds is 4. The van der Waals surface area contributed by atoms with E-state index in [2.05, 4.69) is 56.6 Å². The molecule has 1 heterocycles. The van der Waals surface area contributed by atoms with Crippen LogP contribution in [0.25, 0.3) is 17.0 Å². The molecule has 1 aliphatic carbocycles. The second-order valence-electron chi connectivity index (χ2n) is 4.62. The minimum absolute atomic E-state index is 0.759. The molecular formula is C15H15BrN2. The zero-order valence-corrected chi connectivity index (χ0v) is 11.7. The molecule has 92 valence electrons. The maximum atomic E-state index is 4.47. The van der Waals surface area contributed by atoms with Crippen LogP contribution in [0, 0.1) is 0 Å². The van der Waals surface area contributed by atoms with Crippen molar-refractivity contribution in [1.29, 1.82) is 0 Å². The van der Waals surface area contributed by atoms with Crippen LogP contribution in [0.1, 0.15) is 18.4 Å². The molecule has 0 bridgehead atoms. The molecule has 0 amide bonds. The normalized spacial score (nSPS) is 15.6. The number of benzene rings is 1. The van der Waals surface area contributed by atoms with Crippen molar-refractivity contribution in [2.45, 2.75) is 18.9 Å². The van der Waals surface area contributed by atoms with Gasteiger partial charge in [0.2, 0.25) is 0 Å². The summed E-state index contributed by atoms with van der Waals surface area (Å²) < 4.78 is 1.10. The van der Waals surface area contributed by atoms with Gasteiger partial charge in [0.1, 0.15) is 0 Å². The molecule has 0 atom stereocenters. The van der Waals surface area contributed by atoms with Crippen LogP contribution in [0.15, 0.2) is 41.0 Å². The largest absolute Gasteiger partial charge is 0.311 e. The predicted octanol–water partition coefficient (Wildman–Crippen LogP) is 3.76. The molecular weight excluding hydrogens is 288 g/mol. The summed E-state index contributed by atoms with van der Waals surface area (Å²) in [5.41, 5.74) is 2.22. The van der Waals surface area contributed by atoms with Gasteiger partial charge in [0.25, 0.3) is 0 Å². The minimum atomic E-state index is 0.759. The van der Waals surface area contributed by atoms with Crippen molar-refractivity contribution < 1.29 is 0 Å². The van der Waals surface area contributed by atoms with Crippen LogP contribution in [0.5, 0.6) is 0 Å². The number of halogens is 1. The molecule has 3 rings (SSSR count). The third kappa shape index (κ3) is 2.62. The van der Waals surface area contributed by atoms with E-state index in [1.165, 1.54) is 18.4 Å². The molecule has 18 heavy (non-hydrogen) atoms. The Labute approximate surface area is 115 Å². The van der Waals surface area contributed by atoms with Crippen molar-refractivity contribution in [3.63, 3.8) is 0 Å². The van der Waals surface area contributed by atoms with Crippen LogP contribution in [0.3, 0.4) is 0 Å². The predicted molar refractivity (Wildman–Crippen MR) is 79.5 cm³/mol. The maximum absolute atomic E-state index is 4.47. The van der Waals surface area contributed by atoms with E-state index < -0.39 is 0 Å². The monoisotopic (exact) mass is 302 g/mol. The third-order valence-corrected chi connectivity index (χ3v) is 3.84. The number of nitrogens with zero attached hydrogens (tertiary/aromatic N) is 1. The molecule has 0 radical (unpaired) electrons. The SMILES string of the molecule is Brc1ccc(/C=C/CNC2CC2)c2ncccc12. The first-order valence-electron chi connectivity index (χ1n) is 6.28. The van der Waals surface area contributed by atoms with Crippen LogP contribution in [0.4, 0.5) is 0 Å². The number of pyridine rings is 1. The van der Waals surface area contributed by atoms with Gasteiger partial charge in [-0.05, 0) is 25.0 Å². The average molecular weight is 303 g/mol. The van der Waals surface area contributed by atoms with Gasteiger partial charge in [-0.3, -0.25) is 4.98 Å². The van der Waals surface area contributed by atoms with Crippen molar-refractivity contribution in [3.8, 4) is 0 Å². The van der Waals surface area contributed by atoms with Crippen LogP contribution >= 0.6 is 15.9 Å². The smallest absolute Gasteiger partial charge is 0.0785 e. The highest BCUT2D eigenvalue weighted by atomic mass is 79.9. The Morgan fingerprint density at radius 3 is 3.06 bits per heavy atom. The minimum Gasteiger partial charge on any atom is -0.311 e. The van der Waals surface area contributed by atoms with Gasteiger partial charge in [0.05, 0.1) is 5.52 Å². The molecule has 2 aromatic rings. The lowest BCUT2D eigenvalue weighted by Crippen LogP contribution is -2.15. The number of hydrogen-bond acceptors (Lipinski definition) is 2. The van der Waals surface area contributed by atoms with Gasteiger partial charge in [-0.25, -0.2) is 0 Å². The first kappa shape index (κ1) is 11.9. The summed E-state index contributed by atoms with van der Waals surface area (Å²) in [4.78, 5) is 4.47. The van der Waals surface area contributed by atoms with Crippen molar-refractivity contribution in [1.82, 2.24) is 10.3 Å². The van der Waals surface area contributed by atoms with E-state index in [0.29, 0.717) is 0 Å². The summed E-state index contributed by atoms with van der Waals surface area (Å²) in [6, 6.07) is 9.00. The highest BCUT2D eigenvalue weighted by Crippen LogP contribution is 2.25. The fraction of sp³-hybridized carbons (Fsp3) is 0.267. The first-order valence-corrected chi connectivity index (χ1v) is 7.07. The molecule has 0 saturated heterocycles. The molecule has 1 saturated carbocycles. The van der Waals surface area contributed by atoms with E-state index in [4.69, 9.17) is 0 Å². The molecule has 1 aromatic carbocycles. The van der Waals surface area contributed by atoms with Crippen LogP contribution in [-0.2, 0) is 0 Å².